The molecule has 0 aliphatic heterocycles. The third-order valence-corrected chi connectivity index (χ3v) is 5.84. The maximum absolute atomic E-state index is 5.00. The molecule has 0 aliphatic rings. The van der Waals surface area contributed by atoms with Crippen molar-refractivity contribution in [3.05, 3.63) is 82.6 Å². The minimum atomic E-state index is 0.743. The zero-order valence-corrected chi connectivity index (χ0v) is 18.1. The van der Waals surface area contributed by atoms with Gasteiger partial charge in [0.15, 0.2) is 5.65 Å². The summed E-state index contributed by atoms with van der Waals surface area (Å²) < 4.78 is 4.25. The molecule has 0 bridgehead atoms. The highest BCUT2D eigenvalue weighted by atomic mass is 15.3. The number of benzene rings is 1. The van der Waals surface area contributed by atoms with Crippen molar-refractivity contribution >= 4 is 16.7 Å². The number of fused-ring (bicyclic) bond motifs is 3. The van der Waals surface area contributed by atoms with Crippen molar-refractivity contribution in [2.75, 3.05) is 0 Å². The van der Waals surface area contributed by atoms with Crippen LogP contribution in [0.25, 0.3) is 27.8 Å². The molecule has 5 nitrogen and oxygen atoms in total. The smallest absolute Gasteiger partial charge is 0.165 e. The van der Waals surface area contributed by atoms with Gasteiger partial charge in [-0.2, -0.15) is 9.61 Å². The summed E-state index contributed by atoms with van der Waals surface area (Å²) in [7, 11) is 0. The molecule has 0 saturated heterocycles. The quantitative estimate of drug-likeness (QED) is 0.414. The van der Waals surface area contributed by atoms with Gasteiger partial charge in [-0.1, -0.05) is 23.8 Å². The van der Waals surface area contributed by atoms with E-state index in [1.807, 2.05) is 16.8 Å². The van der Waals surface area contributed by atoms with E-state index in [0.29, 0.717) is 0 Å². The second-order valence-corrected chi connectivity index (χ2v) is 8.21. The van der Waals surface area contributed by atoms with Crippen molar-refractivity contribution in [3.8, 4) is 11.1 Å². The summed E-state index contributed by atoms with van der Waals surface area (Å²) in [6.45, 7) is 11.4. The molecule has 1 aromatic carbocycles. The van der Waals surface area contributed by atoms with Gasteiger partial charge in [0.05, 0.1) is 23.5 Å². The maximum Gasteiger partial charge on any atom is 0.165 e. The van der Waals surface area contributed by atoms with Crippen molar-refractivity contribution in [2.45, 2.75) is 41.2 Å². The molecule has 0 saturated carbocycles. The highest BCUT2D eigenvalue weighted by Crippen LogP contribution is 2.35. The average Bonchev–Trinajstić information content (AvgIpc) is 3.24. The molecule has 4 heterocycles. The lowest BCUT2D eigenvalue weighted by molar-refractivity contribution is 0.792. The molecule has 5 aromatic rings. The Hall–Kier alpha value is -3.47. The Labute approximate surface area is 176 Å². The molecule has 0 radical (unpaired) electrons. The van der Waals surface area contributed by atoms with Gasteiger partial charge in [0.2, 0.25) is 0 Å². The van der Waals surface area contributed by atoms with E-state index in [0.717, 1.165) is 45.7 Å². The van der Waals surface area contributed by atoms with Crippen molar-refractivity contribution in [1.82, 2.24) is 24.1 Å². The van der Waals surface area contributed by atoms with Crippen molar-refractivity contribution in [3.63, 3.8) is 0 Å². The molecule has 0 amide bonds. The zero-order valence-electron chi connectivity index (χ0n) is 18.1. The molecule has 5 heteroatoms. The normalized spacial score (nSPS) is 11.6. The monoisotopic (exact) mass is 395 g/mol. The fraction of sp³-hybridized carbons (Fsp3) is 0.240. The van der Waals surface area contributed by atoms with Crippen molar-refractivity contribution in [1.29, 1.82) is 0 Å². The van der Waals surface area contributed by atoms with Crippen LogP contribution in [0, 0.1) is 34.6 Å². The summed E-state index contributed by atoms with van der Waals surface area (Å²) in [6.07, 6.45) is 5.83. The molecule has 0 aliphatic carbocycles. The molecule has 4 aromatic heterocycles. The Morgan fingerprint density at radius 2 is 1.67 bits per heavy atom. The number of hydrogen-bond acceptors (Lipinski definition) is 3. The summed E-state index contributed by atoms with van der Waals surface area (Å²) in [4.78, 5) is 9.26. The number of hydrogen-bond donors (Lipinski definition) is 0. The van der Waals surface area contributed by atoms with Gasteiger partial charge in [-0.25, -0.2) is 4.98 Å². The largest absolute Gasteiger partial charge is 0.328 e. The van der Waals surface area contributed by atoms with Crippen LogP contribution in [-0.2, 0) is 6.54 Å². The van der Waals surface area contributed by atoms with E-state index < -0.39 is 0 Å². The summed E-state index contributed by atoms with van der Waals surface area (Å²) in [6, 6.07) is 10.7. The van der Waals surface area contributed by atoms with Gasteiger partial charge in [-0.05, 0) is 69.0 Å². The van der Waals surface area contributed by atoms with Crippen LogP contribution in [0.15, 0.2) is 48.9 Å². The standard InChI is InChI=1S/C25H25N5/c1-15-11-16(2)22(17(3)12-15)23-19(5)28-30-24(23)27-18(4)21-8-10-29(25(21)30)14-20-7-6-9-26-13-20/h6-13H,14H2,1-5H3. The van der Waals surface area contributed by atoms with Gasteiger partial charge in [0, 0.05) is 24.0 Å². The van der Waals surface area contributed by atoms with E-state index in [2.05, 4.69) is 74.6 Å². The molecular formula is C25H25N5. The Kier molecular flexibility index (Phi) is 4.21. The van der Waals surface area contributed by atoms with E-state index in [4.69, 9.17) is 10.1 Å². The molecular weight excluding hydrogens is 370 g/mol. The molecule has 0 N–H and O–H groups in total. The molecule has 150 valence electrons. The predicted octanol–water partition coefficient (Wildman–Crippen LogP) is 5.34. The SMILES string of the molecule is Cc1cc(C)c(-c2c(C)nn3c2nc(C)c2ccn(Cc4cccnc4)c23)c(C)c1. The molecule has 0 spiro atoms. The number of nitrogens with zero attached hydrogens (tertiary/aromatic N) is 5. The van der Waals surface area contributed by atoms with E-state index in [1.54, 1.807) is 6.20 Å². The highest BCUT2D eigenvalue weighted by Gasteiger charge is 2.21. The van der Waals surface area contributed by atoms with Crippen LogP contribution in [0.1, 0.15) is 33.6 Å². The first-order valence-electron chi connectivity index (χ1n) is 10.3. The second kappa shape index (κ2) is 6.80. The minimum absolute atomic E-state index is 0.743. The number of rotatable bonds is 3. The zero-order chi connectivity index (χ0) is 21.0. The number of pyridine rings is 1. The molecule has 30 heavy (non-hydrogen) atoms. The van der Waals surface area contributed by atoms with Gasteiger partial charge < -0.3 is 4.57 Å². The molecule has 0 atom stereocenters. The van der Waals surface area contributed by atoms with Gasteiger partial charge in [-0.15, -0.1) is 0 Å². The third kappa shape index (κ3) is 2.81. The third-order valence-electron chi connectivity index (χ3n) is 5.84. The Bertz CT molecular complexity index is 1380. The maximum atomic E-state index is 5.00. The van der Waals surface area contributed by atoms with Crippen LogP contribution in [0.2, 0.25) is 0 Å². The first-order valence-corrected chi connectivity index (χ1v) is 10.3. The molecule has 0 unspecified atom stereocenters. The summed E-state index contributed by atoms with van der Waals surface area (Å²) >= 11 is 0. The fourth-order valence-electron chi connectivity index (χ4n) is 4.65. The Morgan fingerprint density at radius 3 is 2.37 bits per heavy atom. The van der Waals surface area contributed by atoms with Crippen molar-refractivity contribution in [2.24, 2.45) is 0 Å². The van der Waals surface area contributed by atoms with E-state index in [-0.39, 0.29) is 0 Å². The van der Waals surface area contributed by atoms with Crippen LogP contribution in [-0.4, -0.2) is 24.1 Å². The van der Waals surface area contributed by atoms with Crippen LogP contribution in [0.5, 0.6) is 0 Å². The van der Waals surface area contributed by atoms with E-state index >= 15 is 0 Å². The molecule has 0 fully saturated rings. The first-order chi connectivity index (χ1) is 14.4. The summed E-state index contributed by atoms with van der Waals surface area (Å²) in [5.41, 5.74) is 11.3. The number of aromatic nitrogens is 5. The minimum Gasteiger partial charge on any atom is -0.328 e. The van der Waals surface area contributed by atoms with E-state index in [9.17, 15) is 0 Å². The van der Waals surface area contributed by atoms with Crippen LogP contribution >= 0.6 is 0 Å². The van der Waals surface area contributed by atoms with Crippen LogP contribution in [0.3, 0.4) is 0 Å². The lowest BCUT2D eigenvalue weighted by atomic mass is 9.94. The van der Waals surface area contributed by atoms with Crippen molar-refractivity contribution < 1.29 is 0 Å². The Morgan fingerprint density at radius 1 is 0.900 bits per heavy atom. The average molecular weight is 396 g/mol. The van der Waals surface area contributed by atoms with Gasteiger partial charge in [0.1, 0.15) is 5.65 Å². The predicted molar refractivity (Wildman–Crippen MR) is 121 cm³/mol. The first kappa shape index (κ1) is 18.6. The molecule has 5 rings (SSSR count). The number of aryl methyl sites for hydroxylation is 5. The van der Waals surface area contributed by atoms with E-state index in [1.165, 1.54) is 22.3 Å². The summed E-state index contributed by atoms with van der Waals surface area (Å²) in [5.74, 6) is 0. The second-order valence-electron chi connectivity index (χ2n) is 8.21. The highest BCUT2D eigenvalue weighted by molar-refractivity contribution is 5.89. The lowest BCUT2D eigenvalue weighted by Crippen LogP contribution is -2.04. The van der Waals surface area contributed by atoms with Crippen LogP contribution < -0.4 is 0 Å². The van der Waals surface area contributed by atoms with Crippen LogP contribution in [0.4, 0.5) is 0 Å². The van der Waals surface area contributed by atoms with Gasteiger partial charge >= 0.3 is 0 Å². The lowest BCUT2D eigenvalue weighted by Gasteiger charge is -2.12. The summed E-state index contributed by atoms with van der Waals surface area (Å²) in [5, 5.41) is 6.08. The van der Waals surface area contributed by atoms with Gasteiger partial charge in [0.25, 0.3) is 0 Å². The van der Waals surface area contributed by atoms with Gasteiger partial charge in [-0.3, -0.25) is 4.98 Å². The fourth-order valence-corrected chi connectivity index (χ4v) is 4.65. The Balaban J connectivity index is 1.81. The topological polar surface area (TPSA) is 48.0 Å².